The van der Waals surface area contributed by atoms with Crippen molar-refractivity contribution in [1.29, 1.82) is 0 Å². The summed E-state index contributed by atoms with van der Waals surface area (Å²) in [5.74, 6) is -0.664. The SMILES string of the molecule is NC(=NO)C(Cn1ccc(C(F)(F)F)n1)c1ccccc1. The molecule has 0 radical (unpaired) electrons. The van der Waals surface area contributed by atoms with Gasteiger partial charge in [-0.3, -0.25) is 4.68 Å². The fraction of sp³-hybridized carbons (Fsp3) is 0.231. The van der Waals surface area contributed by atoms with Crippen LogP contribution in [0.2, 0.25) is 0 Å². The zero-order chi connectivity index (χ0) is 15.5. The zero-order valence-corrected chi connectivity index (χ0v) is 10.8. The Morgan fingerprint density at radius 2 is 1.95 bits per heavy atom. The van der Waals surface area contributed by atoms with E-state index in [0.717, 1.165) is 16.3 Å². The number of rotatable bonds is 4. The van der Waals surface area contributed by atoms with E-state index in [9.17, 15) is 13.2 Å². The molecule has 0 aliphatic heterocycles. The molecular formula is C13H13F3N4O. The van der Waals surface area contributed by atoms with E-state index in [2.05, 4.69) is 10.3 Å². The van der Waals surface area contributed by atoms with Gasteiger partial charge < -0.3 is 10.9 Å². The van der Waals surface area contributed by atoms with Crippen molar-refractivity contribution in [1.82, 2.24) is 9.78 Å². The minimum absolute atomic E-state index is 0.0377. The molecule has 2 rings (SSSR count). The molecule has 1 aromatic carbocycles. The van der Waals surface area contributed by atoms with Gasteiger partial charge in [-0.05, 0) is 11.6 Å². The van der Waals surface area contributed by atoms with Crippen LogP contribution in [-0.2, 0) is 12.7 Å². The minimum atomic E-state index is -4.50. The lowest BCUT2D eigenvalue weighted by Gasteiger charge is -2.16. The largest absolute Gasteiger partial charge is 0.435 e. The molecule has 1 heterocycles. The fourth-order valence-corrected chi connectivity index (χ4v) is 1.93. The number of benzene rings is 1. The summed E-state index contributed by atoms with van der Waals surface area (Å²) in [6, 6.07) is 9.69. The first-order valence-electron chi connectivity index (χ1n) is 6.05. The highest BCUT2D eigenvalue weighted by Gasteiger charge is 2.33. The van der Waals surface area contributed by atoms with Crippen LogP contribution in [0.15, 0.2) is 47.8 Å². The number of amidine groups is 1. The lowest BCUT2D eigenvalue weighted by atomic mass is 9.98. The van der Waals surface area contributed by atoms with E-state index in [4.69, 9.17) is 10.9 Å². The summed E-state index contributed by atoms with van der Waals surface area (Å²) < 4.78 is 38.7. The molecule has 2 aromatic rings. The first-order chi connectivity index (χ1) is 9.91. The van der Waals surface area contributed by atoms with E-state index in [1.54, 1.807) is 30.3 Å². The fourth-order valence-electron chi connectivity index (χ4n) is 1.93. The summed E-state index contributed by atoms with van der Waals surface area (Å²) in [6.07, 6.45) is -3.28. The number of oxime groups is 1. The smallest absolute Gasteiger partial charge is 0.409 e. The third kappa shape index (κ3) is 3.53. The maximum Gasteiger partial charge on any atom is 0.435 e. The molecule has 0 saturated heterocycles. The lowest BCUT2D eigenvalue weighted by molar-refractivity contribution is -0.141. The van der Waals surface area contributed by atoms with Gasteiger partial charge in [-0.15, -0.1) is 0 Å². The van der Waals surface area contributed by atoms with E-state index in [-0.39, 0.29) is 12.4 Å². The molecule has 0 spiro atoms. The zero-order valence-electron chi connectivity index (χ0n) is 10.8. The molecule has 1 atom stereocenters. The van der Waals surface area contributed by atoms with Crippen molar-refractivity contribution < 1.29 is 18.4 Å². The molecule has 0 fully saturated rings. The molecule has 3 N–H and O–H groups in total. The van der Waals surface area contributed by atoms with E-state index in [1.165, 1.54) is 6.20 Å². The monoisotopic (exact) mass is 298 g/mol. The quantitative estimate of drug-likeness (QED) is 0.394. The average Bonchev–Trinajstić information content (AvgIpc) is 2.93. The van der Waals surface area contributed by atoms with Gasteiger partial charge in [0.2, 0.25) is 0 Å². The minimum Gasteiger partial charge on any atom is -0.409 e. The Bertz CT molecular complexity index is 622. The van der Waals surface area contributed by atoms with Crippen molar-refractivity contribution in [2.45, 2.75) is 18.6 Å². The Hall–Kier alpha value is -2.51. The summed E-state index contributed by atoms with van der Waals surface area (Å²) in [7, 11) is 0. The molecule has 1 unspecified atom stereocenters. The van der Waals surface area contributed by atoms with Crippen LogP contribution in [0.25, 0.3) is 0 Å². The maximum atomic E-state index is 12.5. The molecule has 1 aromatic heterocycles. The molecule has 5 nitrogen and oxygen atoms in total. The number of halogens is 3. The summed E-state index contributed by atoms with van der Waals surface area (Å²) >= 11 is 0. The Kier molecular flexibility index (Phi) is 4.15. The van der Waals surface area contributed by atoms with E-state index in [1.807, 2.05) is 0 Å². The van der Waals surface area contributed by atoms with E-state index >= 15 is 0 Å². The van der Waals surface area contributed by atoms with Crippen molar-refractivity contribution in [2.75, 3.05) is 0 Å². The molecule has 0 aliphatic carbocycles. The predicted molar refractivity (Wildman–Crippen MR) is 69.8 cm³/mol. The molecule has 0 bridgehead atoms. The van der Waals surface area contributed by atoms with Crippen molar-refractivity contribution in [3.05, 3.63) is 53.9 Å². The van der Waals surface area contributed by atoms with E-state index in [0.29, 0.717) is 0 Å². The molecule has 0 aliphatic rings. The van der Waals surface area contributed by atoms with Gasteiger partial charge in [-0.1, -0.05) is 35.5 Å². The van der Waals surface area contributed by atoms with Crippen molar-refractivity contribution in [3.8, 4) is 0 Å². The molecule has 21 heavy (non-hydrogen) atoms. The Morgan fingerprint density at radius 3 is 2.48 bits per heavy atom. The number of hydrogen-bond acceptors (Lipinski definition) is 3. The molecule has 112 valence electrons. The van der Waals surface area contributed by atoms with Crippen molar-refractivity contribution >= 4 is 5.84 Å². The van der Waals surface area contributed by atoms with Crippen LogP contribution in [0.3, 0.4) is 0 Å². The van der Waals surface area contributed by atoms with Crippen LogP contribution in [0.4, 0.5) is 13.2 Å². The third-order valence-corrected chi connectivity index (χ3v) is 2.98. The van der Waals surface area contributed by atoms with Gasteiger partial charge in [0, 0.05) is 6.20 Å². The van der Waals surface area contributed by atoms with Crippen LogP contribution >= 0.6 is 0 Å². The number of aromatic nitrogens is 2. The van der Waals surface area contributed by atoms with Crippen LogP contribution in [-0.4, -0.2) is 20.8 Å². The second kappa shape index (κ2) is 5.86. The number of hydrogen-bond donors (Lipinski definition) is 2. The van der Waals surface area contributed by atoms with Gasteiger partial charge in [-0.25, -0.2) is 0 Å². The van der Waals surface area contributed by atoms with Gasteiger partial charge in [0.05, 0.1) is 12.5 Å². The highest BCUT2D eigenvalue weighted by atomic mass is 19.4. The summed E-state index contributed by atoms with van der Waals surface area (Å²) in [5.41, 5.74) is 5.37. The van der Waals surface area contributed by atoms with Crippen LogP contribution in [0, 0.1) is 0 Å². The first-order valence-corrected chi connectivity index (χ1v) is 6.05. The standard InChI is InChI=1S/C13H13F3N4O/c14-13(15,16)11-6-7-20(18-11)8-10(12(17)19-21)9-4-2-1-3-5-9/h1-7,10,21H,8H2,(H2,17,19). The molecule has 0 amide bonds. The van der Waals surface area contributed by atoms with Gasteiger partial charge >= 0.3 is 6.18 Å². The van der Waals surface area contributed by atoms with Gasteiger partial charge in [0.1, 0.15) is 5.84 Å². The number of alkyl halides is 3. The molecular weight excluding hydrogens is 285 g/mol. The Morgan fingerprint density at radius 1 is 1.29 bits per heavy atom. The summed E-state index contributed by atoms with van der Waals surface area (Å²) in [4.78, 5) is 0. The number of nitrogens with two attached hydrogens (primary N) is 1. The van der Waals surface area contributed by atoms with Gasteiger partial charge in [-0.2, -0.15) is 18.3 Å². The van der Waals surface area contributed by atoms with E-state index < -0.39 is 17.8 Å². The van der Waals surface area contributed by atoms with Crippen molar-refractivity contribution in [3.63, 3.8) is 0 Å². The molecule has 0 saturated carbocycles. The second-order valence-corrected chi connectivity index (χ2v) is 4.41. The highest BCUT2D eigenvalue weighted by molar-refractivity contribution is 5.86. The molecule has 8 heteroatoms. The topological polar surface area (TPSA) is 76.4 Å². The predicted octanol–water partition coefficient (Wildman–Crippen LogP) is 2.43. The normalized spacial score (nSPS) is 14.1. The summed E-state index contributed by atoms with van der Waals surface area (Å²) in [6.45, 7) is 0.0377. The second-order valence-electron chi connectivity index (χ2n) is 4.41. The Labute approximate surface area is 118 Å². The summed E-state index contributed by atoms with van der Waals surface area (Å²) in [5, 5.41) is 15.2. The van der Waals surface area contributed by atoms with Crippen LogP contribution < -0.4 is 5.73 Å². The maximum absolute atomic E-state index is 12.5. The van der Waals surface area contributed by atoms with Crippen LogP contribution in [0.1, 0.15) is 17.2 Å². The van der Waals surface area contributed by atoms with Gasteiger partial charge in [0.15, 0.2) is 5.69 Å². The van der Waals surface area contributed by atoms with Gasteiger partial charge in [0.25, 0.3) is 0 Å². The van der Waals surface area contributed by atoms with Crippen LogP contribution in [0.5, 0.6) is 0 Å². The average molecular weight is 298 g/mol. The Balaban J connectivity index is 2.26. The number of nitrogens with zero attached hydrogens (tertiary/aromatic N) is 3. The highest BCUT2D eigenvalue weighted by Crippen LogP contribution is 2.27. The third-order valence-electron chi connectivity index (χ3n) is 2.98. The van der Waals surface area contributed by atoms with Crippen molar-refractivity contribution in [2.24, 2.45) is 10.9 Å². The first kappa shape index (κ1) is 14.9. The lowest BCUT2D eigenvalue weighted by Crippen LogP contribution is -2.26.